The Morgan fingerprint density at radius 2 is 2.00 bits per heavy atom. The van der Waals surface area contributed by atoms with Crippen LogP contribution in [0.3, 0.4) is 0 Å². The highest BCUT2D eigenvalue weighted by molar-refractivity contribution is 6.02. The van der Waals surface area contributed by atoms with E-state index >= 15 is 0 Å². The summed E-state index contributed by atoms with van der Waals surface area (Å²) in [5, 5.41) is 12.2. The molecule has 1 heterocycles. The van der Waals surface area contributed by atoms with Gasteiger partial charge in [0.25, 0.3) is 0 Å². The number of urea groups is 1. The summed E-state index contributed by atoms with van der Waals surface area (Å²) in [7, 11) is 0. The van der Waals surface area contributed by atoms with Crippen LogP contribution in [0.5, 0.6) is 0 Å². The van der Waals surface area contributed by atoms with Crippen molar-refractivity contribution in [1.82, 2.24) is 15.1 Å². The molecule has 10 heteroatoms. The zero-order valence-electron chi connectivity index (χ0n) is 19.7. The summed E-state index contributed by atoms with van der Waals surface area (Å²) in [5.74, 6) is -3.03. The molecule has 0 aromatic heterocycles. The summed E-state index contributed by atoms with van der Waals surface area (Å²) in [6, 6.07) is 4.45. The molecule has 1 saturated heterocycles. The number of carbonyl (C=O) groups excluding carboxylic acids is 3. The van der Waals surface area contributed by atoms with Crippen LogP contribution in [0, 0.1) is 0 Å². The molecule has 0 unspecified atom stereocenters. The molecular formula is C20H28ClN3O6. The molecule has 3 amide bonds. The molecule has 9 nitrogen and oxygen atoms in total. The fourth-order valence-corrected chi connectivity index (χ4v) is 3.08. The standard InChI is InChI=1S/C20H27N3O6.ClH/c1-4-29-19(27)15(11-10-14-8-6-5-7-9-14)21-13(2)17(24)23-16(18(25)26)12-22(3)20(23)28;/h5-9,13,15-16,21H,4,10-12H2,1-3H3,(H,25,26);1H/t13-,15-,16-;/m0./s1/i3D3;. The third-order valence-electron chi connectivity index (χ3n) is 4.58. The van der Waals surface area contributed by atoms with Crippen molar-refractivity contribution >= 4 is 36.3 Å². The van der Waals surface area contributed by atoms with Crippen molar-refractivity contribution in [3.8, 4) is 0 Å². The molecule has 30 heavy (non-hydrogen) atoms. The fraction of sp³-hybridized carbons (Fsp3) is 0.500. The van der Waals surface area contributed by atoms with Crippen LogP contribution in [-0.4, -0.2) is 77.0 Å². The van der Waals surface area contributed by atoms with Crippen LogP contribution in [0.4, 0.5) is 4.79 Å². The zero-order valence-corrected chi connectivity index (χ0v) is 17.6. The molecule has 3 atom stereocenters. The van der Waals surface area contributed by atoms with Gasteiger partial charge in [0.2, 0.25) is 5.91 Å². The van der Waals surface area contributed by atoms with E-state index in [1.807, 2.05) is 30.3 Å². The first-order valence-corrected chi connectivity index (χ1v) is 9.31. The van der Waals surface area contributed by atoms with Gasteiger partial charge >= 0.3 is 18.0 Å². The lowest BCUT2D eigenvalue weighted by Gasteiger charge is -2.26. The van der Waals surface area contributed by atoms with Crippen LogP contribution < -0.4 is 5.32 Å². The predicted molar refractivity (Wildman–Crippen MR) is 111 cm³/mol. The Bertz CT molecular complexity index is 855. The van der Waals surface area contributed by atoms with Gasteiger partial charge in [-0.05, 0) is 32.3 Å². The number of halogens is 1. The Hall–Kier alpha value is -2.65. The number of nitrogens with one attached hydrogen (secondary N) is 1. The summed E-state index contributed by atoms with van der Waals surface area (Å²) in [5.41, 5.74) is 0.969. The summed E-state index contributed by atoms with van der Waals surface area (Å²) in [4.78, 5) is 50.3. The molecular weight excluding hydrogens is 414 g/mol. The molecule has 1 aliphatic heterocycles. The van der Waals surface area contributed by atoms with Gasteiger partial charge in [-0.3, -0.25) is 14.9 Å². The van der Waals surface area contributed by atoms with E-state index in [4.69, 9.17) is 8.85 Å². The highest BCUT2D eigenvalue weighted by Crippen LogP contribution is 2.17. The number of aryl methyl sites for hydroxylation is 1. The van der Waals surface area contributed by atoms with Crippen LogP contribution in [0.25, 0.3) is 0 Å². The fourth-order valence-electron chi connectivity index (χ4n) is 3.08. The topological polar surface area (TPSA) is 116 Å². The average molecular weight is 445 g/mol. The van der Waals surface area contributed by atoms with Crippen molar-refractivity contribution < 1.29 is 33.1 Å². The van der Waals surface area contributed by atoms with Gasteiger partial charge in [-0.25, -0.2) is 14.5 Å². The number of imide groups is 1. The predicted octanol–water partition coefficient (Wildman–Crippen LogP) is 1.30. The Morgan fingerprint density at radius 1 is 1.33 bits per heavy atom. The smallest absolute Gasteiger partial charge is 0.328 e. The number of hydrogen-bond donors (Lipinski definition) is 2. The van der Waals surface area contributed by atoms with Gasteiger partial charge in [-0.2, -0.15) is 0 Å². The lowest BCUT2D eigenvalue weighted by atomic mass is 10.0. The Kier molecular flexibility index (Phi) is 7.91. The van der Waals surface area contributed by atoms with Crippen LogP contribution >= 0.6 is 12.4 Å². The number of amides is 3. The van der Waals surface area contributed by atoms with E-state index in [0.29, 0.717) is 16.2 Å². The number of rotatable bonds is 9. The molecule has 0 aliphatic carbocycles. The second kappa shape index (κ2) is 11.5. The number of ether oxygens (including phenoxy) is 1. The minimum absolute atomic E-state index is 0. The van der Waals surface area contributed by atoms with Crippen LogP contribution in [-0.2, 0) is 25.5 Å². The van der Waals surface area contributed by atoms with Gasteiger partial charge in [0.1, 0.15) is 6.04 Å². The highest BCUT2D eigenvalue weighted by atomic mass is 35.5. The number of likely N-dealkylation sites (N-methyl/N-ethyl adjacent to an activating group) is 1. The van der Waals surface area contributed by atoms with E-state index in [2.05, 4.69) is 5.32 Å². The third-order valence-corrected chi connectivity index (χ3v) is 4.58. The summed E-state index contributed by atoms with van der Waals surface area (Å²) >= 11 is 0. The Balaban J connectivity index is 0.00000544. The molecule has 0 radical (unpaired) electrons. The maximum atomic E-state index is 13.0. The maximum Gasteiger partial charge on any atom is 0.328 e. The molecule has 0 spiro atoms. The van der Waals surface area contributed by atoms with Crippen molar-refractivity contribution in [2.45, 2.75) is 44.8 Å². The van der Waals surface area contributed by atoms with E-state index in [1.54, 1.807) is 6.92 Å². The Morgan fingerprint density at radius 3 is 2.57 bits per heavy atom. The second-order valence-corrected chi connectivity index (χ2v) is 6.67. The lowest BCUT2D eigenvalue weighted by Crippen LogP contribution is -2.54. The minimum atomic E-state index is -2.89. The SMILES string of the molecule is Cl.[2H]C([2H])([2H])N1C[C@@H](C(=O)O)N(C(=O)[C@H](C)N[C@@H](CCc2ccccc2)C(=O)OCC)C1=O. The van der Waals surface area contributed by atoms with Crippen LogP contribution in [0.15, 0.2) is 30.3 Å². The zero-order chi connectivity index (χ0) is 24.1. The molecule has 1 aliphatic rings. The molecule has 0 saturated carbocycles. The lowest BCUT2D eigenvalue weighted by molar-refractivity contribution is -0.148. The van der Waals surface area contributed by atoms with E-state index in [1.165, 1.54) is 6.92 Å². The second-order valence-electron chi connectivity index (χ2n) is 6.67. The van der Waals surface area contributed by atoms with Crippen molar-refractivity contribution in [2.75, 3.05) is 20.1 Å². The number of carbonyl (C=O) groups is 4. The van der Waals surface area contributed by atoms with Gasteiger partial charge in [-0.15, -0.1) is 12.4 Å². The van der Waals surface area contributed by atoms with Crippen molar-refractivity contribution in [3.63, 3.8) is 0 Å². The number of esters is 1. The van der Waals surface area contributed by atoms with E-state index < -0.39 is 55.5 Å². The van der Waals surface area contributed by atoms with Gasteiger partial charge in [0.15, 0.2) is 6.04 Å². The first-order valence-electron chi connectivity index (χ1n) is 10.8. The molecule has 166 valence electrons. The normalized spacial score (nSPS) is 19.7. The van der Waals surface area contributed by atoms with Crippen LogP contribution in [0.2, 0.25) is 0 Å². The summed E-state index contributed by atoms with van der Waals surface area (Å²) < 4.78 is 27.3. The third kappa shape index (κ3) is 6.17. The van der Waals surface area contributed by atoms with E-state index in [0.717, 1.165) is 5.56 Å². The average Bonchev–Trinajstić information content (AvgIpc) is 3.09. The summed E-state index contributed by atoms with van der Waals surface area (Å²) in [6.45, 7) is -0.395. The Labute approximate surface area is 186 Å². The van der Waals surface area contributed by atoms with Gasteiger partial charge in [0, 0.05) is 11.1 Å². The number of hydrogen-bond acceptors (Lipinski definition) is 6. The number of benzene rings is 1. The molecule has 1 aromatic rings. The van der Waals surface area contributed by atoms with Gasteiger partial charge in [-0.1, -0.05) is 30.3 Å². The number of nitrogens with zero attached hydrogens (tertiary/aromatic N) is 2. The highest BCUT2D eigenvalue weighted by Gasteiger charge is 2.45. The number of carboxylic acids is 1. The van der Waals surface area contributed by atoms with Crippen molar-refractivity contribution in [2.24, 2.45) is 0 Å². The van der Waals surface area contributed by atoms with E-state index in [-0.39, 0.29) is 25.4 Å². The van der Waals surface area contributed by atoms with Crippen molar-refractivity contribution in [1.29, 1.82) is 0 Å². The van der Waals surface area contributed by atoms with Crippen LogP contribution in [0.1, 0.15) is 29.9 Å². The quantitative estimate of drug-likeness (QED) is 0.551. The number of carboxylic acid groups (broad SMARTS) is 1. The van der Waals surface area contributed by atoms with Gasteiger partial charge in [0.05, 0.1) is 19.2 Å². The molecule has 2 N–H and O–H groups in total. The molecule has 1 fully saturated rings. The molecule has 1 aromatic carbocycles. The number of aliphatic carboxylic acids is 1. The first-order chi connectivity index (χ1) is 15.0. The monoisotopic (exact) mass is 444 g/mol. The maximum absolute atomic E-state index is 13.0. The minimum Gasteiger partial charge on any atom is -0.480 e. The van der Waals surface area contributed by atoms with Crippen molar-refractivity contribution in [3.05, 3.63) is 35.9 Å². The molecule has 0 bridgehead atoms. The molecule has 2 rings (SSSR count). The van der Waals surface area contributed by atoms with Gasteiger partial charge < -0.3 is 14.7 Å². The first kappa shape index (κ1) is 20.6. The van der Waals surface area contributed by atoms with E-state index in [9.17, 15) is 24.3 Å². The summed E-state index contributed by atoms with van der Waals surface area (Å²) in [6.07, 6.45) is 0.795. The largest absolute Gasteiger partial charge is 0.480 e.